The van der Waals surface area contributed by atoms with Crippen LogP contribution in [0.1, 0.15) is 34.3 Å². The lowest BCUT2D eigenvalue weighted by Gasteiger charge is -2.18. The minimum atomic E-state index is -0.653. The topological polar surface area (TPSA) is 97.1 Å². The van der Waals surface area contributed by atoms with E-state index in [1.807, 2.05) is 43.5 Å². The molecule has 122 valence electrons. The van der Waals surface area contributed by atoms with Gasteiger partial charge in [0, 0.05) is 11.1 Å². The first-order chi connectivity index (χ1) is 10.9. The Morgan fingerprint density at radius 2 is 2.13 bits per heavy atom. The Kier molecular flexibility index (Phi) is 5.70. The van der Waals surface area contributed by atoms with Gasteiger partial charge >= 0.3 is 6.03 Å². The Labute approximate surface area is 139 Å². The van der Waals surface area contributed by atoms with Crippen molar-refractivity contribution in [2.75, 3.05) is 0 Å². The third-order valence-corrected chi connectivity index (χ3v) is 4.22. The first-order valence-electron chi connectivity index (χ1n) is 7.24. The summed E-state index contributed by atoms with van der Waals surface area (Å²) in [4.78, 5) is 27.6. The second-order valence-electron chi connectivity index (χ2n) is 5.34. The van der Waals surface area contributed by atoms with E-state index in [0.717, 1.165) is 21.8 Å². The highest BCUT2D eigenvalue weighted by Gasteiger charge is 2.17. The van der Waals surface area contributed by atoms with E-state index in [1.165, 1.54) is 11.3 Å². The summed E-state index contributed by atoms with van der Waals surface area (Å²) in [5.74, 6) is -0.168. The predicted molar refractivity (Wildman–Crippen MR) is 90.0 cm³/mol. The lowest BCUT2D eigenvalue weighted by Crippen LogP contribution is -2.36. The molecule has 0 bridgehead atoms. The largest absolute Gasteiger partial charge is 0.352 e. The van der Waals surface area contributed by atoms with E-state index in [9.17, 15) is 9.59 Å². The number of nitrogens with two attached hydrogens (primary N) is 1. The molecule has 6 nitrogen and oxygen atoms in total. The van der Waals surface area contributed by atoms with Crippen LogP contribution < -0.4 is 16.4 Å². The van der Waals surface area contributed by atoms with Crippen molar-refractivity contribution >= 4 is 23.3 Å². The number of aryl methyl sites for hydroxylation is 2. The van der Waals surface area contributed by atoms with Crippen molar-refractivity contribution in [1.82, 2.24) is 15.6 Å². The molecule has 2 aromatic rings. The van der Waals surface area contributed by atoms with Gasteiger partial charge in [-0.05, 0) is 19.4 Å². The van der Waals surface area contributed by atoms with Crippen molar-refractivity contribution < 1.29 is 9.59 Å². The van der Waals surface area contributed by atoms with Crippen molar-refractivity contribution in [2.24, 2.45) is 5.73 Å². The van der Waals surface area contributed by atoms with Crippen LogP contribution in [0.15, 0.2) is 29.6 Å². The number of rotatable bonds is 6. The highest BCUT2D eigenvalue weighted by Crippen LogP contribution is 2.18. The number of hydrogen-bond acceptors (Lipinski definition) is 4. The maximum absolute atomic E-state index is 12.1. The summed E-state index contributed by atoms with van der Waals surface area (Å²) in [5.41, 5.74) is 8.06. The molecule has 7 heteroatoms. The highest BCUT2D eigenvalue weighted by molar-refractivity contribution is 7.09. The van der Waals surface area contributed by atoms with Crippen LogP contribution in [0.5, 0.6) is 0 Å². The van der Waals surface area contributed by atoms with Crippen LogP contribution in [0, 0.1) is 13.8 Å². The number of nitrogens with zero attached hydrogens (tertiary/aromatic N) is 1. The molecule has 1 atom stereocenters. The number of carbonyl (C=O) groups is 2. The van der Waals surface area contributed by atoms with Gasteiger partial charge < -0.3 is 16.4 Å². The first kappa shape index (κ1) is 17.0. The zero-order valence-corrected chi connectivity index (χ0v) is 13.9. The molecule has 0 saturated heterocycles. The molecule has 0 unspecified atom stereocenters. The van der Waals surface area contributed by atoms with Crippen LogP contribution >= 0.6 is 11.3 Å². The van der Waals surface area contributed by atoms with Crippen LogP contribution in [0.4, 0.5) is 4.79 Å². The number of urea groups is 1. The normalized spacial score (nSPS) is 11.7. The standard InChI is InChI=1S/C16H20N4O2S/c1-10-4-3-5-12(6-10)13(20-16(17)22)7-14(21)18-8-15-19-11(2)9-23-15/h3-6,9,13H,7-8H2,1-2H3,(H,18,21)(H3,17,20,22)/t13-/m0/s1. The van der Waals surface area contributed by atoms with Crippen LogP contribution in [0.3, 0.4) is 0 Å². The summed E-state index contributed by atoms with van der Waals surface area (Å²) in [7, 11) is 0. The highest BCUT2D eigenvalue weighted by atomic mass is 32.1. The van der Waals surface area contributed by atoms with Crippen LogP contribution in [0.25, 0.3) is 0 Å². The average Bonchev–Trinajstić information content (AvgIpc) is 2.90. The fourth-order valence-electron chi connectivity index (χ4n) is 2.23. The number of primary amides is 1. The summed E-state index contributed by atoms with van der Waals surface area (Å²) >= 11 is 1.50. The van der Waals surface area contributed by atoms with E-state index in [1.54, 1.807) is 0 Å². The van der Waals surface area contributed by atoms with Gasteiger partial charge in [-0.25, -0.2) is 9.78 Å². The van der Waals surface area contributed by atoms with E-state index in [4.69, 9.17) is 5.73 Å². The third kappa shape index (κ3) is 5.37. The SMILES string of the molecule is Cc1cccc([C@H](CC(=O)NCc2nc(C)cs2)NC(N)=O)c1. The number of thiazole rings is 1. The van der Waals surface area contributed by atoms with Crippen molar-refractivity contribution in [1.29, 1.82) is 0 Å². The zero-order valence-electron chi connectivity index (χ0n) is 13.1. The molecule has 0 aliphatic heterocycles. The molecule has 0 radical (unpaired) electrons. The quantitative estimate of drug-likeness (QED) is 0.756. The summed E-state index contributed by atoms with van der Waals surface area (Å²) in [6, 6.07) is 6.53. The maximum atomic E-state index is 12.1. The van der Waals surface area contributed by atoms with Crippen molar-refractivity contribution in [2.45, 2.75) is 32.9 Å². The fraction of sp³-hybridized carbons (Fsp3) is 0.312. The van der Waals surface area contributed by atoms with E-state index in [2.05, 4.69) is 15.6 Å². The Balaban J connectivity index is 1.99. The molecule has 4 N–H and O–H groups in total. The van der Waals surface area contributed by atoms with Gasteiger partial charge in [0.2, 0.25) is 5.91 Å². The van der Waals surface area contributed by atoms with Crippen molar-refractivity contribution in [3.05, 3.63) is 51.5 Å². The smallest absolute Gasteiger partial charge is 0.312 e. The number of benzene rings is 1. The summed E-state index contributed by atoms with van der Waals surface area (Å²) in [5, 5.41) is 8.23. The predicted octanol–water partition coefficient (Wildman–Crippen LogP) is 2.18. The van der Waals surface area contributed by atoms with Gasteiger partial charge in [0.25, 0.3) is 0 Å². The molecule has 0 aliphatic rings. The first-order valence-corrected chi connectivity index (χ1v) is 8.12. The maximum Gasteiger partial charge on any atom is 0.312 e. The second kappa shape index (κ2) is 7.73. The zero-order chi connectivity index (χ0) is 16.8. The number of aromatic nitrogens is 1. The van der Waals surface area contributed by atoms with Gasteiger partial charge in [0.1, 0.15) is 5.01 Å². The van der Waals surface area contributed by atoms with E-state index >= 15 is 0 Å². The average molecular weight is 332 g/mol. The Morgan fingerprint density at radius 1 is 1.35 bits per heavy atom. The molecule has 0 spiro atoms. The lowest BCUT2D eigenvalue weighted by atomic mass is 10.0. The Bertz CT molecular complexity index is 699. The molecule has 1 heterocycles. The molecular formula is C16H20N4O2S. The van der Waals surface area contributed by atoms with Gasteiger partial charge in [-0.2, -0.15) is 0 Å². The van der Waals surface area contributed by atoms with Gasteiger partial charge in [-0.15, -0.1) is 11.3 Å². The molecular weight excluding hydrogens is 312 g/mol. The second-order valence-corrected chi connectivity index (χ2v) is 6.28. The molecule has 1 aromatic carbocycles. The minimum absolute atomic E-state index is 0.122. The molecule has 2 rings (SSSR count). The fourth-order valence-corrected chi connectivity index (χ4v) is 2.94. The van der Waals surface area contributed by atoms with E-state index in [0.29, 0.717) is 6.54 Å². The van der Waals surface area contributed by atoms with Gasteiger partial charge in [0.05, 0.1) is 19.0 Å². The third-order valence-electron chi connectivity index (χ3n) is 3.25. The number of nitrogens with one attached hydrogen (secondary N) is 2. The Hall–Kier alpha value is -2.41. The van der Waals surface area contributed by atoms with Gasteiger partial charge in [-0.3, -0.25) is 4.79 Å². The number of hydrogen-bond donors (Lipinski definition) is 3. The monoisotopic (exact) mass is 332 g/mol. The molecule has 23 heavy (non-hydrogen) atoms. The molecule has 0 fully saturated rings. The number of carbonyl (C=O) groups excluding carboxylic acids is 2. The van der Waals surface area contributed by atoms with Gasteiger partial charge in [-0.1, -0.05) is 29.8 Å². The Morgan fingerprint density at radius 3 is 2.74 bits per heavy atom. The molecule has 0 saturated carbocycles. The van der Waals surface area contributed by atoms with E-state index in [-0.39, 0.29) is 12.3 Å². The number of amides is 3. The lowest BCUT2D eigenvalue weighted by molar-refractivity contribution is -0.121. The summed E-state index contributed by atoms with van der Waals surface area (Å²) in [6.07, 6.45) is 0.122. The van der Waals surface area contributed by atoms with Crippen LogP contribution in [0.2, 0.25) is 0 Å². The van der Waals surface area contributed by atoms with Gasteiger partial charge in [0.15, 0.2) is 0 Å². The van der Waals surface area contributed by atoms with Crippen LogP contribution in [-0.4, -0.2) is 16.9 Å². The summed E-state index contributed by atoms with van der Waals surface area (Å²) < 4.78 is 0. The molecule has 3 amide bonds. The minimum Gasteiger partial charge on any atom is -0.352 e. The molecule has 0 aliphatic carbocycles. The van der Waals surface area contributed by atoms with Crippen molar-refractivity contribution in [3.8, 4) is 0 Å². The van der Waals surface area contributed by atoms with Crippen molar-refractivity contribution in [3.63, 3.8) is 0 Å². The molecule has 1 aromatic heterocycles. The summed E-state index contributed by atoms with van der Waals surface area (Å²) in [6.45, 7) is 4.25. The van der Waals surface area contributed by atoms with Crippen LogP contribution in [-0.2, 0) is 11.3 Å². The van der Waals surface area contributed by atoms with E-state index < -0.39 is 12.1 Å².